The van der Waals surface area contributed by atoms with E-state index in [-0.39, 0.29) is 18.2 Å². The summed E-state index contributed by atoms with van der Waals surface area (Å²) in [7, 11) is 1.68. The van der Waals surface area contributed by atoms with E-state index in [1.54, 1.807) is 25.5 Å². The predicted molar refractivity (Wildman–Crippen MR) is 89.7 cm³/mol. The number of hydrogen-bond donors (Lipinski definition) is 0. The van der Waals surface area contributed by atoms with Gasteiger partial charge in [-0.25, -0.2) is 4.98 Å². The second-order valence-electron chi connectivity index (χ2n) is 5.24. The molecule has 3 aromatic rings. The molecule has 0 aliphatic carbocycles. The number of rotatable bonds is 6. The van der Waals surface area contributed by atoms with E-state index in [2.05, 4.69) is 16.5 Å². The number of likely N-dealkylation sites (N-methyl/N-ethyl adjacent to an activating group) is 1. The molecule has 0 saturated carbocycles. The SMILES string of the molecule is C=CCN(C)C(=O)c1coc(COc2cccc3cnccc23)n1. The maximum Gasteiger partial charge on any atom is 0.275 e. The predicted octanol–water partition coefficient (Wildman–Crippen LogP) is 3.06. The summed E-state index contributed by atoms with van der Waals surface area (Å²) >= 11 is 0. The molecule has 0 unspecified atom stereocenters. The van der Waals surface area contributed by atoms with Gasteiger partial charge in [-0.2, -0.15) is 0 Å². The summed E-state index contributed by atoms with van der Waals surface area (Å²) in [6.45, 7) is 4.19. The Morgan fingerprint density at radius 2 is 2.29 bits per heavy atom. The first-order valence-corrected chi connectivity index (χ1v) is 7.45. The van der Waals surface area contributed by atoms with Crippen LogP contribution in [0.1, 0.15) is 16.4 Å². The lowest BCUT2D eigenvalue weighted by atomic mass is 10.1. The van der Waals surface area contributed by atoms with Crippen LogP contribution in [0.4, 0.5) is 0 Å². The Hall–Kier alpha value is -3.15. The summed E-state index contributed by atoms with van der Waals surface area (Å²) < 4.78 is 11.1. The summed E-state index contributed by atoms with van der Waals surface area (Å²) in [4.78, 5) is 21.9. The van der Waals surface area contributed by atoms with Gasteiger partial charge in [0, 0.05) is 36.8 Å². The van der Waals surface area contributed by atoms with Crippen molar-refractivity contribution in [3.8, 4) is 5.75 Å². The monoisotopic (exact) mass is 323 g/mol. The van der Waals surface area contributed by atoms with Crippen LogP contribution in [0.25, 0.3) is 10.8 Å². The van der Waals surface area contributed by atoms with Crippen LogP contribution in [-0.4, -0.2) is 34.4 Å². The Morgan fingerprint density at radius 1 is 1.42 bits per heavy atom. The van der Waals surface area contributed by atoms with Crippen molar-refractivity contribution in [2.45, 2.75) is 6.61 Å². The zero-order valence-corrected chi connectivity index (χ0v) is 13.3. The topological polar surface area (TPSA) is 68.5 Å². The fourth-order valence-corrected chi connectivity index (χ4v) is 2.31. The summed E-state index contributed by atoms with van der Waals surface area (Å²) in [6.07, 6.45) is 6.48. The molecule has 1 aromatic carbocycles. The standard InChI is InChI=1S/C18H17N3O3/c1-3-9-21(2)18(22)15-11-24-17(20-15)12-23-16-6-4-5-13-10-19-8-7-14(13)16/h3-8,10-11H,1,9,12H2,2H3. The van der Waals surface area contributed by atoms with Crippen molar-refractivity contribution in [1.82, 2.24) is 14.9 Å². The van der Waals surface area contributed by atoms with E-state index in [0.717, 1.165) is 10.8 Å². The van der Waals surface area contributed by atoms with E-state index in [9.17, 15) is 4.79 Å². The highest BCUT2D eigenvalue weighted by atomic mass is 16.5. The summed E-state index contributed by atoms with van der Waals surface area (Å²) in [5.74, 6) is 0.835. The van der Waals surface area contributed by atoms with Crippen LogP contribution in [0.3, 0.4) is 0 Å². The Balaban J connectivity index is 1.71. The van der Waals surface area contributed by atoms with Crippen LogP contribution < -0.4 is 4.74 Å². The molecule has 2 heterocycles. The van der Waals surface area contributed by atoms with Gasteiger partial charge in [-0.05, 0) is 12.1 Å². The molecule has 0 aliphatic heterocycles. The van der Waals surface area contributed by atoms with E-state index in [1.807, 2.05) is 24.3 Å². The largest absolute Gasteiger partial charge is 0.483 e. The second kappa shape index (κ2) is 6.95. The molecular formula is C18H17N3O3. The molecule has 0 fully saturated rings. The third-order valence-corrected chi connectivity index (χ3v) is 3.51. The number of aromatic nitrogens is 2. The lowest BCUT2D eigenvalue weighted by Crippen LogP contribution is -2.26. The van der Waals surface area contributed by atoms with Crippen LogP contribution in [0, 0.1) is 0 Å². The van der Waals surface area contributed by atoms with Crippen molar-refractivity contribution in [2.75, 3.05) is 13.6 Å². The van der Waals surface area contributed by atoms with Crippen LogP contribution >= 0.6 is 0 Å². The molecule has 6 nitrogen and oxygen atoms in total. The number of benzene rings is 1. The number of carbonyl (C=O) groups excluding carboxylic acids is 1. The van der Waals surface area contributed by atoms with E-state index in [1.165, 1.54) is 11.2 Å². The van der Waals surface area contributed by atoms with Crippen molar-refractivity contribution in [3.63, 3.8) is 0 Å². The molecule has 3 rings (SSSR count). The van der Waals surface area contributed by atoms with Gasteiger partial charge in [0.15, 0.2) is 12.3 Å². The first-order valence-electron chi connectivity index (χ1n) is 7.45. The van der Waals surface area contributed by atoms with E-state index in [4.69, 9.17) is 9.15 Å². The second-order valence-corrected chi connectivity index (χ2v) is 5.24. The number of amides is 1. The molecule has 122 valence electrons. The molecule has 0 aliphatic rings. The minimum absolute atomic E-state index is 0.139. The van der Waals surface area contributed by atoms with Gasteiger partial charge >= 0.3 is 0 Å². The Labute approximate surface area is 139 Å². The molecule has 0 spiro atoms. The third-order valence-electron chi connectivity index (χ3n) is 3.51. The number of fused-ring (bicyclic) bond motifs is 1. The average Bonchev–Trinajstić information content (AvgIpc) is 3.08. The molecule has 24 heavy (non-hydrogen) atoms. The molecule has 2 aromatic heterocycles. The zero-order valence-electron chi connectivity index (χ0n) is 13.3. The molecule has 0 radical (unpaired) electrons. The lowest BCUT2D eigenvalue weighted by Gasteiger charge is -2.12. The lowest BCUT2D eigenvalue weighted by molar-refractivity contribution is 0.0804. The Kier molecular flexibility index (Phi) is 4.56. The van der Waals surface area contributed by atoms with E-state index >= 15 is 0 Å². The first-order chi connectivity index (χ1) is 11.7. The summed E-state index contributed by atoms with van der Waals surface area (Å²) in [5, 5.41) is 1.95. The molecule has 0 bridgehead atoms. The van der Waals surface area contributed by atoms with Gasteiger partial charge in [0.2, 0.25) is 5.89 Å². The van der Waals surface area contributed by atoms with Crippen molar-refractivity contribution in [2.24, 2.45) is 0 Å². The molecule has 0 N–H and O–H groups in total. The highest BCUT2D eigenvalue weighted by Crippen LogP contribution is 2.25. The molecule has 1 amide bonds. The number of oxazole rings is 1. The van der Waals surface area contributed by atoms with E-state index < -0.39 is 0 Å². The van der Waals surface area contributed by atoms with Gasteiger partial charge in [-0.15, -0.1) is 6.58 Å². The maximum absolute atomic E-state index is 12.1. The Morgan fingerprint density at radius 3 is 3.12 bits per heavy atom. The average molecular weight is 323 g/mol. The number of ether oxygens (including phenoxy) is 1. The molecule has 6 heteroatoms. The fourth-order valence-electron chi connectivity index (χ4n) is 2.31. The summed E-state index contributed by atoms with van der Waals surface area (Å²) in [6, 6.07) is 7.62. The molecule has 0 atom stereocenters. The van der Waals surface area contributed by atoms with Gasteiger partial charge in [0.1, 0.15) is 12.0 Å². The van der Waals surface area contributed by atoms with Gasteiger partial charge in [-0.3, -0.25) is 9.78 Å². The quantitative estimate of drug-likeness (QED) is 0.652. The van der Waals surface area contributed by atoms with E-state index in [0.29, 0.717) is 18.2 Å². The van der Waals surface area contributed by atoms with Crippen LogP contribution in [-0.2, 0) is 6.61 Å². The van der Waals surface area contributed by atoms with Gasteiger partial charge in [0.05, 0.1) is 0 Å². The number of carbonyl (C=O) groups is 1. The molecular weight excluding hydrogens is 306 g/mol. The Bertz CT molecular complexity index is 867. The zero-order chi connectivity index (χ0) is 16.9. The number of pyridine rings is 1. The smallest absolute Gasteiger partial charge is 0.275 e. The third kappa shape index (κ3) is 3.27. The van der Waals surface area contributed by atoms with Crippen LogP contribution in [0.15, 0.2) is 60.0 Å². The minimum Gasteiger partial charge on any atom is -0.483 e. The molecule has 0 saturated heterocycles. The first kappa shape index (κ1) is 15.7. The number of hydrogen-bond acceptors (Lipinski definition) is 5. The highest BCUT2D eigenvalue weighted by molar-refractivity contribution is 5.91. The number of nitrogens with zero attached hydrogens (tertiary/aromatic N) is 3. The van der Waals surface area contributed by atoms with Crippen molar-refractivity contribution in [1.29, 1.82) is 0 Å². The van der Waals surface area contributed by atoms with Crippen LogP contribution in [0.2, 0.25) is 0 Å². The van der Waals surface area contributed by atoms with Crippen molar-refractivity contribution < 1.29 is 13.9 Å². The summed E-state index contributed by atoms with van der Waals surface area (Å²) in [5.41, 5.74) is 0.250. The van der Waals surface area contributed by atoms with Crippen molar-refractivity contribution >= 4 is 16.7 Å². The normalized spacial score (nSPS) is 10.5. The fraction of sp³-hybridized carbons (Fsp3) is 0.167. The maximum atomic E-state index is 12.1. The van der Waals surface area contributed by atoms with Crippen molar-refractivity contribution in [3.05, 3.63) is 67.2 Å². The van der Waals surface area contributed by atoms with Gasteiger partial charge in [0.25, 0.3) is 5.91 Å². The highest BCUT2D eigenvalue weighted by Gasteiger charge is 2.16. The van der Waals surface area contributed by atoms with Crippen LogP contribution in [0.5, 0.6) is 5.75 Å². The minimum atomic E-state index is -0.221. The van der Waals surface area contributed by atoms with Gasteiger partial charge in [-0.1, -0.05) is 18.2 Å². The van der Waals surface area contributed by atoms with Gasteiger partial charge < -0.3 is 14.1 Å².